The Morgan fingerprint density at radius 1 is 0.721 bits per heavy atom. The SMILES string of the molecule is CCCCCCCCCCCCCCCCOc1ccc(CN(Cc2cc[n+](C)cc2)C(=O)c2ccccc2)c(C)c1.[I-]. The van der Waals surface area contributed by atoms with Crippen LogP contribution in [0.1, 0.15) is 124 Å². The molecule has 0 unspecified atom stereocenters. The first-order chi connectivity index (χ1) is 20.6. The zero-order chi connectivity index (χ0) is 29.8. The van der Waals surface area contributed by atoms with Crippen molar-refractivity contribution in [1.82, 2.24) is 4.90 Å². The van der Waals surface area contributed by atoms with Crippen molar-refractivity contribution in [3.05, 3.63) is 95.3 Å². The van der Waals surface area contributed by atoms with Gasteiger partial charge in [-0.2, -0.15) is 0 Å². The lowest BCUT2D eigenvalue weighted by Gasteiger charge is -2.24. The maximum Gasteiger partial charge on any atom is 0.254 e. The largest absolute Gasteiger partial charge is 1.00 e. The molecule has 0 radical (unpaired) electrons. The summed E-state index contributed by atoms with van der Waals surface area (Å²) in [6.45, 7) is 6.28. The van der Waals surface area contributed by atoms with E-state index < -0.39 is 0 Å². The Kier molecular flexibility index (Phi) is 18.9. The minimum absolute atomic E-state index is 0. The summed E-state index contributed by atoms with van der Waals surface area (Å²) in [4.78, 5) is 15.4. The number of aryl methyl sites for hydroxylation is 2. The van der Waals surface area contributed by atoms with Crippen LogP contribution >= 0.6 is 0 Å². The van der Waals surface area contributed by atoms with Gasteiger partial charge in [-0.05, 0) is 54.3 Å². The number of hydrogen-bond donors (Lipinski definition) is 0. The summed E-state index contributed by atoms with van der Waals surface area (Å²) >= 11 is 0. The summed E-state index contributed by atoms with van der Waals surface area (Å²) < 4.78 is 8.10. The van der Waals surface area contributed by atoms with Crippen molar-refractivity contribution in [1.29, 1.82) is 0 Å². The zero-order valence-electron chi connectivity index (χ0n) is 27.0. The van der Waals surface area contributed by atoms with Crippen molar-refractivity contribution in [3.8, 4) is 5.75 Å². The maximum absolute atomic E-state index is 13.5. The molecule has 0 saturated heterocycles. The molecule has 0 aliphatic carbocycles. The lowest BCUT2D eigenvalue weighted by atomic mass is 10.0. The van der Waals surface area contributed by atoms with Crippen LogP contribution in [0.4, 0.5) is 0 Å². The van der Waals surface area contributed by atoms with Gasteiger partial charge in [0.05, 0.1) is 6.61 Å². The molecule has 0 aliphatic heterocycles. The molecule has 1 amide bonds. The van der Waals surface area contributed by atoms with E-state index in [2.05, 4.69) is 44.2 Å². The highest BCUT2D eigenvalue weighted by Crippen LogP contribution is 2.22. The minimum Gasteiger partial charge on any atom is -1.00 e. The molecule has 3 rings (SSSR count). The molecule has 43 heavy (non-hydrogen) atoms. The number of nitrogens with zero attached hydrogens (tertiary/aromatic N) is 2. The number of pyridine rings is 1. The summed E-state index contributed by atoms with van der Waals surface area (Å²) in [6.07, 6.45) is 23.1. The highest BCUT2D eigenvalue weighted by molar-refractivity contribution is 5.94. The van der Waals surface area contributed by atoms with Gasteiger partial charge in [-0.1, -0.05) is 115 Å². The highest BCUT2D eigenvalue weighted by atomic mass is 127. The number of rotatable bonds is 21. The molecule has 5 heteroatoms. The van der Waals surface area contributed by atoms with E-state index in [0.717, 1.165) is 35.5 Å². The molecule has 1 heterocycles. The lowest BCUT2D eigenvalue weighted by molar-refractivity contribution is -0.671. The van der Waals surface area contributed by atoms with Gasteiger partial charge in [0.2, 0.25) is 0 Å². The lowest BCUT2D eigenvalue weighted by Crippen LogP contribution is -3.00. The number of carbonyl (C=O) groups is 1. The first kappa shape index (κ1) is 36.8. The van der Waals surface area contributed by atoms with Gasteiger partial charge in [-0.25, -0.2) is 4.57 Å². The summed E-state index contributed by atoms with van der Waals surface area (Å²) in [7, 11) is 2.00. The first-order valence-electron chi connectivity index (χ1n) is 16.6. The van der Waals surface area contributed by atoms with E-state index in [1.807, 2.05) is 59.2 Å². The minimum atomic E-state index is 0. The summed E-state index contributed by atoms with van der Waals surface area (Å²) in [5, 5.41) is 0. The molecule has 4 nitrogen and oxygen atoms in total. The smallest absolute Gasteiger partial charge is 0.254 e. The van der Waals surface area contributed by atoms with Crippen LogP contribution in [0.2, 0.25) is 0 Å². The maximum atomic E-state index is 13.5. The number of carbonyl (C=O) groups excluding carboxylic acids is 1. The topological polar surface area (TPSA) is 33.4 Å². The van der Waals surface area contributed by atoms with Gasteiger partial charge < -0.3 is 33.6 Å². The van der Waals surface area contributed by atoms with Crippen LogP contribution in [0.15, 0.2) is 73.1 Å². The molecular formula is C38H55IN2O2. The first-order valence-corrected chi connectivity index (χ1v) is 16.6. The third kappa shape index (κ3) is 14.7. The second-order valence-electron chi connectivity index (χ2n) is 11.9. The van der Waals surface area contributed by atoms with E-state index in [-0.39, 0.29) is 29.9 Å². The molecule has 2 aromatic carbocycles. The van der Waals surface area contributed by atoms with Crippen molar-refractivity contribution >= 4 is 5.91 Å². The molecule has 0 aliphatic rings. The van der Waals surface area contributed by atoms with Gasteiger partial charge >= 0.3 is 0 Å². The quantitative estimate of drug-likeness (QED) is 0.0721. The number of unbranched alkanes of at least 4 members (excludes halogenated alkanes) is 13. The third-order valence-corrected chi connectivity index (χ3v) is 8.17. The third-order valence-electron chi connectivity index (χ3n) is 8.17. The van der Waals surface area contributed by atoms with Crippen LogP contribution in [0.3, 0.4) is 0 Å². The average Bonchev–Trinajstić information content (AvgIpc) is 3.01. The van der Waals surface area contributed by atoms with Crippen molar-refractivity contribution < 1.29 is 38.1 Å². The molecule has 0 N–H and O–H groups in total. The number of hydrogen-bond acceptors (Lipinski definition) is 2. The monoisotopic (exact) mass is 698 g/mol. The van der Waals surface area contributed by atoms with Gasteiger partial charge in [-0.3, -0.25) is 4.79 Å². The van der Waals surface area contributed by atoms with Crippen molar-refractivity contribution in [3.63, 3.8) is 0 Å². The molecule has 0 atom stereocenters. The van der Waals surface area contributed by atoms with Crippen molar-refractivity contribution in [2.24, 2.45) is 7.05 Å². The Morgan fingerprint density at radius 3 is 1.84 bits per heavy atom. The van der Waals surface area contributed by atoms with Crippen LogP contribution in [-0.2, 0) is 20.1 Å². The van der Waals surface area contributed by atoms with Gasteiger partial charge in [0.15, 0.2) is 12.4 Å². The van der Waals surface area contributed by atoms with Gasteiger partial charge in [0.25, 0.3) is 5.91 Å². The molecule has 0 saturated carbocycles. The Labute approximate surface area is 279 Å². The van der Waals surface area contributed by atoms with Crippen LogP contribution in [0, 0.1) is 6.92 Å². The van der Waals surface area contributed by atoms with E-state index >= 15 is 0 Å². The average molecular weight is 699 g/mol. The Morgan fingerprint density at radius 2 is 1.28 bits per heavy atom. The number of halogens is 1. The van der Waals surface area contributed by atoms with E-state index in [1.54, 1.807) is 0 Å². The standard InChI is InChI=1S/C38H55N2O2.HI/c1-4-5-6-7-8-9-10-11-12-13-14-15-16-20-29-42-37-24-23-36(33(2)30-37)32-40(31-34-25-27-39(3)28-26-34)38(41)35-21-18-17-19-22-35;/h17-19,21-28,30H,4-16,20,29,31-32H2,1-3H3;1H/q+1;/p-1. The molecule has 236 valence electrons. The van der Waals surface area contributed by atoms with Gasteiger partial charge in [0, 0.05) is 30.8 Å². The fourth-order valence-electron chi connectivity index (χ4n) is 5.45. The van der Waals surface area contributed by atoms with Gasteiger partial charge in [0.1, 0.15) is 12.8 Å². The highest BCUT2D eigenvalue weighted by Gasteiger charge is 2.18. The fourth-order valence-corrected chi connectivity index (χ4v) is 5.45. The Bertz CT molecular complexity index is 1150. The number of amides is 1. The zero-order valence-corrected chi connectivity index (χ0v) is 29.2. The number of benzene rings is 2. The fraction of sp³-hybridized carbons (Fsp3) is 0.526. The second kappa shape index (κ2) is 22.2. The second-order valence-corrected chi connectivity index (χ2v) is 11.9. The summed E-state index contributed by atoms with van der Waals surface area (Å²) in [5.41, 5.74) is 4.12. The van der Waals surface area contributed by atoms with Crippen LogP contribution < -0.4 is 33.3 Å². The Hall–Kier alpha value is -2.41. The summed E-state index contributed by atoms with van der Waals surface area (Å²) in [6, 6.07) is 20.0. The van der Waals surface area contributed by atoms with Gasteiger partial charge in [-0.15, -0.1) is 0 Å². The normalized spacial score (nSPS) is 10.8. The molecule has 0 spiro atoms. The predicted molar refractivity (Wildman–Crippen MR) is 175 cm³/mol. The summed E-state index contributed by atoms with van der Waals surface area (Å²) in [5.74, 6) is 0.962. The molecule has 1 aromatic heterocycles. The molecular weight excluding hydrogens is 643 g/mol. The molecule has 0 bridgehead atoms. The predicted octanol–water partition coefficient (Wildman–Crippen LogP) is 6.53. The van der Waals surface area contributed by atoms with Crippen LogP contribution in [0.25, 0.3) is 0 Å². The Balaban J connectivity index is 0.00000645. The van der Waals surface area contributed by atoms with Crippen molar-refractivity contribution in [2.45, 2.75) is 117 Å². The number of aromatic nitrogens is 1. The van der Waals surface area contributed by atoms with E-state index in [9.17, 15) is 4.79 Å². The van der Waals surface area contributed by atoms with Crippen LogP contribution in [0.5, 0.6) is 5.75 Å². The molecule has 3 aromatic rings. The van der Waals surface area contributed by atoms with E-state index in [1.165, 1.54) is 83.5 Å². The van der Waals surface area contributed by atoms with Crippen molar-refractivity contribution in [2.75, 3.05) is 6.61 Å². The van der Waals surface area contributed by atoms with E-state index in [4.69, 9.17) is 4.74 Å². The molecule has 0 fully saturated rings. The van der Waals surface area contributed by atoms with Crippen LogP contribution in [-0.4, -0.2) is 17.4 Å². The van der Waals surface area contributed by atoms with E-state index in [0.29, 0.717) is 18.7 Å². The number of ether oxygens (including phenoxy) is 1.